The summed E-state index contributed by atoms with van der Waals surface area (Å²) in [6.45, 7) is 4.27. The van der Waals surface area contributed by atoms with Crippen molar-refractivity contribution in [3.05, 3.63) is 59.3 Å². The number of hydrogen-bond donors (Lipinski definition) is 3. The highest BCUT2D eigenvalue weighted by molar-refractivity contribution is 6.04. The molecule has 2 aliphatic heterocycles. The lowest BCUT2D eigenvalue weighted by Crippen LogP contribution is -2.44. The lowest BCUT2D eigenvalue weighted by molar-refractivity contribution is 0.0966. The zero-order valence-electron chi connectivity index (χ0n) is 19.6. The minimum Gasteiger partial charge on any atom is -0.495 e. The molecule has 178 valence electrons. The van der Waals surface area contributed by atoms with E-state index < -0.39 is 0 Å². The number of piperazine rings is 1. The molecule has 0 radical (unpaired) electrons. The second kappa shape index (κ2) is 9.48. The summed E-state index contributed by atoms with van der Waals surface area (Å²) < 4.78 is 5.60. The Morgan fingerprint density at radius 3 is 2.74 bits per heavy atom. The van der Waals surface area contributed by atoms with Gasteiger partial charge in [0.2, 0.25) is 5.95 Å². The van der Waals surface area contributed by atoms with E-state index in [1.165, 1.54) is 6.20 Å². The number of hydrogen-bond acceptors (Lipinski definition) is 9. The number of nitrogens with one attached hydrogen (secondary N) is 3. The number of nitriles is 1. The fourth-order valence-corrected chi connectivity index (χ4v) is 4.32. The molecule has 3 N–H and O–H groups in total. The number of amides is 1. The minimum atomic E-state index is -0.149. The van der Waals surface area contributed by atoms with Crippen molar-refractivity contribution < 1.29 is 9.53 Å². The van der Waals surface area contributed by atoms with Crippen molar-refractivity contribution in [3.8, 4) is 11.8 Å². The number of carbonyl (C=O) groups is 1. The monoisotopic (exact) mass is 470 g/mol. The highest BCUT2D eigenvalue weighted by atomic mass is 16.5. The SMILES string of the molecule is COc1ccc(Nc2ncc(C#N)c(Nc3cccc4c3C(=O)NC4)n2)cc1N1CCN(C)CC1. The van der Waals surface area contributed by atoms with Gasteiger partial charge in [-0.25, -0.2) is 4.98 Å². The number of likely N-dealkylation sites (N-methyl/N-ethyl adjacent to an activating group) is 1. The zero-order chi connectivity index (χ0) is 24.4. The van der Waals surface area contributed by atoms with Crippen molar-refractivity contribution in [1.29, 1.82) is 5.26 Å². The van der Waals surface area contributed by atoms with Gasteiger partial charge >= 0.3 is 0 Å². The topological polar surface area (TPSA) is 118 Å². The van der Waals surface area contributed by atoms with Crippen LogP contribution in [0, 0.1) is 11.3 Å². The van der Waals surface area contributed by atoms with E-state index in [0.29, 0.717) is 29.6 Å². The summed E-state index contributed by atoms with van der Waals surface area (Å²) in [5.74, 6) is 1.31. The Morgan fingerprint density at radius 2 is 1.97 bits per heavy atom. The molecule has 1 saturated heterocycles. The molecule has 1 fully saturated rings. The Balaban J connectivity index is 1.42. The first-order chi connectivity index (χ1) is 17.1. The predicted molar refractivity (Wildman–Crippen MR) is 134 cm³/mol. The van der Waals surface area contributed by atoms with Gasteiger partial charge in [0, 0.05) is 38.4 Å². The van der Waals surface area contributed by atoms with E-state index in [-0.39, 0.29) is 11.5 Å². The van der Waals surface area contributed by atoms with Crippen LogP contribution in [0.3, 0.4) is 0 Å². The van der Waals surface area contributed by atoms with Crippen LogP contribution in [-0.2, 0) is 6.54 Å². The van der Waals surface area contributed by atoms with E-state index in [1.807, 2.05) is 30.3 Å². The maximum Gasteiger partial charge on any atom is 0.254 e. The predicted octanol–water partition coefficient (Wildman–Crippen LogP) is 2.84. The molecule has 2 aliphatic rings. The van der Waals surface area contributed by atoms with Crippen LogP contribution in [-0.4, -0.2) is 61.1 Å². The molecule has 35 heavy (non-hydrogen) atoms. The number of anilines is 5. The third-order valence-corrected chi connectivity index (χ3v) is 6.26. The van der Waals surface area contributed by atoms with E-state index in [9.17, 15) is 10.1 Å². The van der Waals surface area contributed by atoms with Gasteiger partial charge in [-0.2, -0.15) is 10.2 Å². The van der Waals surface area contributed by atoms with Crippen molar-refractivity contribution in [1.82, 2.24) is 20.2 Å². The Kier molecular flexibility index (Phi) is 6.08. The van der Waals surface area contributed by atoms with E-state index in [4.69, 9.17) is 4.74 Å². The van der Waals surface area contributed by atoms with E-state index in [1.54, 1.807) is 13.2 Å². The van der Waals surface area contributed by atoms with Gasteiger partial charge < -0.3 is 30.5 Å². The second-order valence-corrected chi connectivity index (χ2v) is 8.52. The Bertz CT molecular complexity index is 1310. The van der Waals surface area contributed by atoms with E-state index >= 15 is 0 Å². The van der Waals surface area contributed by atoms with Gasteiger partial charge in [-0.1, -0.05) is 12.1 Å². The average molecular weight is 471 g/mol. The molecule has 1 aromatic heterocycles. The van der Waals surface area contributed by atoms with Gasteiger partial charge in [0.1, 0.15) is 17.4 Å². The maximum atomic E-state index is 12.3. The molecular weight excluding hydrogens is 444 g/mol. The van der Waals surface area contributed by atoms with Crippen molar-refractivity contribution in [3.63, 3.8) is 0 Å². The Labute approximate surface area is 203 Å². The molecule has 0 saturated carbocycles. The second-order valence-electron chi connectivity index (χ2n) is 8.52. The molecule has 3 aromatic rings. The van der Waals surface area contributed by atoms with Gasteiger partial charge in [-0.3, -0.25) is 4.79 Å². The van der Waals surface area contributed by atoms with Crippen molar-refractivity contribution in [2.24, 2.45) is 0 Å². The van der Waals surface area contributed by atoms with Crippen LogP contribution < -0.4 is 25.6 Å². The number of ether oxygens (including phenoxy) is 1. The van der Waals surface area contributed by atoms with E-state index in [2.05, 4.69) is 48.8 Å². The number of aromatic nitrogens is 2. The number of benzene rings is 2. The smallest absolute Gasteiger partial charge is 0.254 e. The highest BCUT2D eigenvalue weighted by Crippen LogP contribution is 2.33. The molecular formula is C25H26N8O2. The molecule has 0 aliphatic carbocycles. The first-order valence-corrected chi connectivity index (χ1v) is 11.4. The number of carbonyl (C=O) groups excluding carboxylic acids is 1. The molecule has 1 amide bonds. The summed E-state index contributed by atoms with van der Waals surface area (Å²) in [6.07, 6.45) is 1.46. The first kappa shape index (κ1) is 22.4. The Morgan fingerprint density at radius 1 is 1.14 bits per heavy atom. The number of methoxy groups -OCH3 is 1. The molecule has 10 nitrogen and oxygen atoms in total. The van der Waals surface area contributed by atoms with E-state index in [0.717, 1.165) is 48.9 Å². The van der Waals surface area contributed by atoms with Crippen LogP contribution in [0.2, 0.25) is 0 Å². The molecule has 0 atom stereocenters. The summed E-state index contributed by atoms with van der Waals surface area (Å²) in [7, 11) is 3.79. The highest BCUT2D eigenvalue weighted by Gasteiger charge is 2.23. The standard InChI is InChI=1S/C25H26N8O2/c1-32-8-10-33(11-9-32)20-12-18(6-7-21(20)35-2)29-25-28-15-17(13-26)23(31-25)30-19-5-3-4-16-14-27-24(34)22(16)19/h3-7,12,15H,8-11,14H2,1-2H3,(H,27,34)(H2,28,29,30,31). The van der Waals surface area contributed by atoms with Gasteiger partial charge in [0.15, 0.2) is 5.82 Å². The maximum absolute atomic E-state index is 12.3. The number of fused-ring (bicyclic) bond motifs is 1. The molecule has 0 spiro atoms. The molecule has 0 bridgehead atoms. The van der Waals surface area contributed by atoms with Crippen LogP contribution in [0.15, 0.2) is 42.6 Å². The lowest BCUT2D eigenvalue weighted by Gasteiger charge is -2.34. The van der Waals surface area contributed by atoms with Crippen molar-refractivity contribution in [2.45, 2.75) is 6.54 Å². The van der Waals surface area contributed by atoms with Gasteiger partial charge in [-0.05, 0) is 36.9 Å². The Hall–Kier alpha value is -4.36. The fraction of sp³-hybridized carbons (Fsp3) is 0.280. The first-order valence-electron chi connectivity index (χ1n) is 11.4. The van der Waals surface area contributed by atoms with Crippen LogP contribution in [0.4, 0.5) is 28.8 Å². The third-order valence-electron chi connectivity index (χ3n) is 6.26. The quantitative estimate of drug-likeness (QED) is 0.500. The van der Waals surface area contributed by atoms with Crippen LogP contribution in [0.1, 0.15) is 21.5 Å². The largest absolute Gasteiger partial charge is 0.495 e. The van der Waals surface area contributed by atoms with Gasteiger partial charge in [0.25, 0.3) is 5.91 Å². The fourth-order valence-electron chi connectivity index (χ4n) is 4.32. The van der Waals surface area contributed by atoms with Gasteiger partial charge in [-0.15, -0.1) is 0 Å². The summed E-state index contributed by atoms with van der Waals surface area (Å²) >= 11 is 0. The molecule has 5 rings (SSSR count). The molecule has 2 aromatic carbocycles. The zero-order valence-corrected chi connectivity index (χ0v) is 19.6. The normalized spacial score (nSPS) is 15.2. The summed E-state index contributed by atoms with van der Waals surface area (Å²) in [6, 6.07) is 13.5. The summed E-state index contributed by atoms with van der Waals surface area (Å²) in [4.78, 5) is 25.8. The molecule has 0 unspecified atom stereocenters. The molecule has 3 heterocycles. The third kappa shape index (κ3) is 4.54. The number of nitrogens with zero attached hydrogens (tertiary/aromatic N) is 5. The minimum absolute atomic E-state index is 0.149. The van der Waals surface area contributed by atoms with Gasteiger partial charge in [0.05, 0.1) is 30.2 Å². The van der Waals surface area contributed by atoms with Crippen LogP contribution in [0.25, 0.3) is 0 Å². The lowest BCUT2D eigenvalue weighted by atomic mass is 10.1. The summed E-state index contributed by atoms with van der Waals surface area (Å²) in [5.41, 5.74) is 4.15. The number of rotatable bonds is 6. The summed E-state index contributed by atoms with van der Waals surface area (Å²) in [5, 5.41) is 18.8. The van der Waals surface area contributed by atoms with Crippen molar-refractivity contribution in [2.75, 3.05) is 55.9 Å². The molecule has 10 heteroatoms. The van der Waals surface area contributed by atoms with Crippen LogP contribution >= 0.6 is 0 Å². The van der Waals surface area contributed by atoms with Crippen LogP contribution in [0.5, 0.6) is 5.75 Å². The van der Waals surface area contributed by atoms with Crippen molar-refractivity contribution >= 4 is 34.7 Å². The average Bonchev–Trinajstić information content (AvgIpc) is 3.26.